The fourth-order valence-corrected chi connectivity index (χ4v) is 2.12. The van der Waals surface area contributed by atoms with Gasteiger partial charge < -0.3 is 4.98 Å². The Hall–Kier alpha value is -2.24. The second-order valence-electron chi connectivity index (χ2n) is 4.33. The maximum atomic E-state index is 13.6. The third kappa shape index (κ3) is 1.80. The molecule has 98 valence electrons. The summed E-state index contributed by atoms with van der Waals surface area (Å²) in [5.74, 6) is -1.34. The number of aromatic amines is 1. The van der Waals surface area contributed by atoms with Gasteiger partial charge in [0.05, 0.1) is 11.2 Å². The number of hydrogen-bond donors (Lipinski definition) is 1. The van der Waals surface area contributed by atoms with Gasteiger partial charge >= 0.3 is 0 Å². The van der Waals surface area contributed by atoms with Crippen LogP contribution in [0.25, 0.3) is 22.6 Å². The number of aryl methyl sites for hydroxylation is 2. The van der Waals surface area contributed by atoms with Gasteiger partial charge in [0.2, 0.25) is 0 Å². The number of H-pyrrole nitrogens is 1. The van der Waals surface area contributed by atoms with Gasteiger partial charge in [0, 0.05) is 6.54 Å². The Bertz CT molecular complexity index is 757. The molecule has 3 rings (SSSR count). The first-order valence-corrected chi connectivity index (χ1v) is 5.98. The standard InChI is InChI=1S/C13H12F2N4/c1-3-19-10(6-7(2)18-19)13-16-9-5-4-8(14)11(15)12(9)17-13/h4-6H,3H2,1-2H3,(H,16,17). The van der Waals surface area contributed by atoms with E-state index in [0.29, 0.717) is 17.9 Å². The monoisotopic (exact) mass is 262 g/mol. The summed E-state index contributed by atoms with van der Waals surface area (Å²) >= 11 is 0. The summed E-state index contributed by atoms with van der Waals surface area (Å²) < 4.78 is 28.6. The molecule has 0 aliphatic rings. The summed E-state index contributed by atoms with van der Waals surface area (Å²) in [6.07, 6.45) is 0. The van der Waals surface area contributed by atoms with E-state index >= 15 is 0 Å². The molecule has 0 fully saturated rings. The van der Waals surface area contributed by atoms with E-state index in [-0.39, 0.29) is 5.52 Å². The summed E-state index contributed by atoms with van der Waals surface area (Å²) in [5, 5.41) is 4.30. The first-order valence-electron chi connectivity index (χ1n) is 5.98. The van der Waals surface area contributed by atoms with Crippen molar-refractivity contribution in [2.24, 2.45) is 0 Å². The molecule has 0 aliphatic carbocycles. The number of imidazole rings is 1. The number of nitrogens with one attached hydrogen (secondary N) is 1. The fraction of sp³-hybridized carbons (Fsp3) is 0.231. The summed E-state index contributed by atoms with van der Waals surface area (Å²) in [5.41, 5.74) is 2.09. The van der Waals surface area contributed by atoms with E-state index in [1.54, 1.807) is 4.68 Å². The predicted molar refractivity (Wildman–Crippen MR) is 67.6 cm³/mol. The van der Waals surface area contributed by atoms with Gasteiger partial charge in [0.25, 0.3) is 0 Å². The average Bonchev–Trinajstić information content (AvgIpc) is 2.97. The number of fused-ring (bicyclic) bond motifs is 1. The SMILES string of the molecule is CCn1nc(C)cc1-c1nc2c(F)c(F)ccc2[nH]1. The van der Waals surface area contributed by atoms with Crippen molar-refractivity contribution >= 4 is 11.0 Å². The lowest BCUT2D eigenvalue weighted by Crippen LogP contribution is -1.99. The molecule has 0 spiro atoms. The van der Waals surface area contributed by atoms with Crippen LogP contribution in [0, 0.1) is 18.6 Å². The zero-order valence-electron chi connectivity index (χ0n) is 10.5. The van der Waals surface area contributed by atoms with E-state index in [2.05, 4.69) is 15.1 Å². The van der Waals surface area contributed by atoms with Crippen molar-refractivity contribution in [3.63, 3.8) is 0 Å². The average molecular weight is 262 g/mol. The van der Waals surface area contributed by atoms with Crippen molar-refractivity contribution in [2.75, 3.05) is 0 Å². The minimum atomic E-state index is -0.931. The van der Waals surface area contributed by atoms with Crippen molar-refractivity contribution in [1.82, 2.24) is 19.7 Å². The number of halogens is 2. The Morgan fingerprint density at radius 2 is 2.11 bits per heavy atom. The molecule has 0 radical (unpaired) electrons. The van der Waals surface area contributed by atoms with E-state index in [4.69, 9.17) is 0 Å². The van der Waals surface area contributed by atoms with Gasteiger partial charge in [-0.15, -0.1) is 0 Å². The van der Waals surface area contributed by atoms with Crippen molar-refractivity contribution in [2.45, 2.75) is 20.4 Å². The summed E-state index contributed by atoms with van der Waals surface area (Å²) in [4.78, 5) is 7.12. The van der Waals surface area contributed by atoms with Crippen molar-refractivity contribution < 1.29 is 8.78 Å². The molecule has 2 aromatic heterocycles. The fourth-order valence-electron chi connectivity index (χ4n) is 2.12. The van der Waals surface area contributed by atoms with Gasteiger partial charge in [0.15, 0.2) is 17.5 Å². The summed E-state index contributed by atoms with van der Waals surface area (Å²) in [7, 11) is 0. The van der Waals surface area contributed by atoms with Gasteiger partial charge in [-0.25, -0.2) is 13.8 Å². The van der Waals surface area contributed by atoms with Crippen LogP contribution < -0.4 is 0 Å². The topological polar surface area (TPSA) is 46.5 Å². The molecule has 1 N–H and O–H groups in total. The maximum Gasteiger partial charge on any atom is 0.186 e. The molecule has 0 atom stereocenters. The van der Waals surface area contributed by atoms with Crippen LogP contribution in [0.15, 0.2) is 18.2 Å². The molecule has 1 aromatic carbocycles. The van der Waals surface area contributed by atoms with Crippen LogP contribution in [-0.2, 0) is 6.54 Å². The van der Waals surface area contributed by atoms with Crippen LogP contribution in [0.3, 0.4) is 0 Å². The highest BCUT2D eigenvalue weighted by molar-refractivity contribution is 5.79. The first kappa shape index (κ1) is 11.8. The zero-order chi connectivity index (χ0) is 13.6. The predicted octanol–water partition coefficient (Wildman–Crippen LogP) is 3.03. The van der Waals surface area contributed by atoms with Crippen LogP contribution in [0.1, 0.15) is 12.6 Å². The lowest BCUT2D eigenvalue weighted by molar-refractivity contribution is 0.515. The molecular weight excluding hydrogens is 250 g/mol. The zero-order valence-corrected chi connectivity index (χ0v) is 10.5. The van der Waals surface area contributed by atoms with E-state index in [1.807, 2.05) is 19.9 Å². The van der Waals surface area contributed by atoms with Gasteiger partial charge in [-0.3, -0.25) is 4.68 Å². The normalized spacial score (nSPS) is 11.4. The van der Waals surface area contributed by atoms with Crippen molar-refractivity contribution in [1.29, 1.82) is 0 Å². The summed E-state index contributed by atoms with van der Waals surface area (Å²) in [6, 6.07) is 4.42. The Morgan fingerprint density at radius 1 is 1.32 bits per heavy atom. The number of hydrogen-bond acceptors (Lipinski definition) is 2. The van der Waals surface area contributed by atoms with Crippen LogP contribution in [-0.4, -0.2) is 19.7 Å². The number of nitrogens with zero attached hydrogens (tertiary/aromatic N) is 3. The molecule has 0 aliphatic heterocycles. The lowest BCUT2D eigenvalue weighted by atomic mass is 10.3. The van der Waals surface area contributed by atoms with Crippen LogP contribution in [0.2, 0.25) is 0 Å². The number of benzene rings is 1. The van der Waals surface area contributed by atoms with Gasteiger partial charge in [-0.2, -0.15) is 5.10 Å². The Balaban J connectivity index is 2.23. The quantitative estimate of drug-likeness (QED) is 0.771. The second-order valence-corrected chi connectivity index (χ2v) is 4.33. The Morgan fingerprint density at radius 3 is 2.84 bits per heavy atom. The van der Waals surface area contributed by atoms with E-state index in [0.717, 1.165) is 17.5 Å². The summed E-state index contributed by atoms with van der Waals surface area (Å²) in [6.45, 7) is 4.51. The Labute approximate surface area is 108 Å². The second kappa shape index (κ2) is 4.15. The van der Waals surface area contributed by atoms with E-state index in [9.17, 15) is 8.78 Å². The highest BCUT2D eigenvalue weighted by atomic mass is 19.2. The maximum absolute atomic E-state index is 13.6. The van der Waals surface area contributed by atoms with E-state index < -0.39 is 11.6 Å². The van der Waals surface area contributed by atoms with Gasteiger partial charge in [-0.1, -0.05) is 0 Å². The van der Waals surface area contributed by atoms with Crippen molar-refractivity contribution in [3.8, 4) is 11.5 Å². The largest absolute Gasteiger partial charge is 0.337 e. The first-order chi connectivity index (χ1) is 9.10. The molecule has 0 saturated heterocycles. The molecule has 0 amide bonds. The molecule has 6 heteroatoms. The number of aromatic nitrogens is 4. The lowest BCUT2D eigenvalue weighted by Gasteiger charge is -1.99. The molecule has 19 heavy (non-hydrogen) atoms. The molecule has 0 unspecified atom stereocenters. The van der Waals surface area contributed by atoms with Crippen LogP contribution in [0.5, 0.6) is 0 Å². The van der Waals surface area contributed by atoms with Crippen LogP contribution >= 0.6 is 0 Å². The highest BCUT2D eigenvalue weighted by Gasteiger charge is 2.15. The highest BCUT2D eigenvalue weighted by Crippen LogP contribution is 2.24. The third-order valence-corrected chi connectivity index (χ3v) is 2.99. The molecule has 0 saturated carbocycles. The van der Waals surface area contributed by atoms with E-state index in [1.165, 1.54) is 6.07 Å². The minimum Gasteiger partial charge on any atom is -0.337 e. The Kier molecular flexibility index (Phi) is 2.58. The van der Waals surface area contributed by atoms with Crippen LogP contribution in [0.4, 0.5) is 8.78 Å². The van der Waals surface area contributed by atoms with Gasteiger partial charge in [-0.05, 0) is 32.0 Å². The molecule has 0 bridgehead atoms. The molecule has 2 heterocycles. The molecule has 3 aromatic rings. The smallest absolute Gasteiger partial charge is 0.186 e. The van der Waals surface area contributed by atoms with Gasteiger partial charge in [0.1, 0.15) is 11.2 Å². The minimum absolute atomic E-state index is 0.0107. The number of rotatable bonds is 2. The van der Waals surface area contributed by atoms with Crippen molar-refractivity contribution in [3.05, 3.63) is 35.5 Å². The molecule has 4 nitrogen and oxygen atoms in total. The third-order valence-electron chi connectivity index (χ3n) is 2.99. The molecular formula is C13H12F2N4.